The number of ether oxygens (including phenoxy) is 1. The molecular weight excluding hydrogens is 294 g/mol. The van der Waals surface area contributed by atoms with Crippen molar-refractivity contribution in [2.45, 2.75) is 6.42 Å². The summed E-state index contributed by atoms with van der Waals surface area (Å²) in [4.78, 5) is 8.74. The summed E-state index contributed by atoms with van der Waals surface area (Å²) in [6, 6.07) is 7.88. The van der Waals surface area contributed by atoms with E-state index in [1.54, 1.807) is 13.3 Å². The average molecular weight is 308 g/mol. The summed E-state index contributed by atoms with van der Waals surface area (Å²) >= 11 is 3.39. The van der Waals surface area contributed by atoms with Crippen molar-refractivity contribution in [2.24, 2.45) is 0 Å². The molecule has 0 radical (unpaired) electrons. The molecule has 0 aliphatic heterocycles. The maximum Gasteiger partial charge on any atom is 0.143 e. The summed E-state index contributed by atoms with van der Waals surface area (Å²) in [6.07, 6.45) is 2.40. The Morgan fingerprint density at radius 3 is 2.83 bits per heavy atom. The van der Waals surface area contributed by atoms with Crippen LogP contribution in [0.3, 0.4) is 0 Å². The number of rotatable bonds is 4. The van der Waals surface area contributed by atoms with Gasteiger partial charge in [0.15, 0.2) is 0 Å². The summed E-state index contributed by atoms with van der Waals surface area (Å²) < 4.78 is 6.17. The van der Waals surface area contributed by atoms with Gasteiger partial charge in [-0.05, 0) is 22.0 Å². The van der Waals surface area contributed by atoms with Crippen molar-refractivity contribution >= 4 is 21.7 Å². The van der Waals surface area contributed by atoms with Crippen molar-refractivity contribution in [1.82, 2.24) is 9.97 Å². The highest BCUT2D eigenvalue weighted by Crippen LogP contribution is 2.22. The molecule has 94 valence electrons. The minimum absolute atomic E-state index is 0.645. The average Bonchev–Trinajstić information content (AvgIpc) is 2.41. The van der Waals surface area contributed by atoms with Gasteiger partial charge in [-0.1, -0.05) is 18.2 Å². The largest absolute Gasteiger partial charge is 0.496 e. The highest BCUT2D eigenvalue weighted by Gasteiger charge is 2.07. The van der Waals surface area contributed by atoms with Gasteiger partial charge in [0.2, 0.25) is 0 Å². The third kappa shape index (κ3) is 2.79. The number of para-hydroxylation sites is 1. The number of hydrogen-bond acceptors (Lipinski definition) is 4. The van der Waals surface area contributed by atoms with E-state index in [-0.39, 0.29) is 0 Å². The van der Waals surface area contributed by atoms with Crippen LogP contribution in [0.2, 0.25) is 0 Å². The van der Waals surface area contributed by atoms with Crippen LogP contribution in [-0.2, 0) is 6.42 Å². The Bertz CT molecular complexity index is 546. The molecular formula is C13H14BrN3O. The van der Waals surface area contributed by atoms with Gasteiger partial charge in [0.1, 0.15) is 17.4 Å². The van der Waals surface area contributed by atoms with Gasteiger partial charge in [-0.2, -0.15) is 0 Å². The third-order valence-corrected chi connectivity index (χ3v) is 3.15. The molecule has 0 atom stereocenters. The molecule has 0 aliphatic carbocycles. The molecule has 0 saturated heterocycles. The molecule has 4 nitrogen and oxygen atoms in total. The van der Waals surface area contributed by atoms with Crippen molar-refractivity contribution in [2.75, 3.05) is 19.5 Å². The van der Waals surface area contributed by atoms with Crippen LogP contribution in [0, 0.1) is 0 Å². The van der Waals surface area contributed by atoms with Gasteiger partial charge < -0.3 is 10.1 Å². The molecule has 1 N–H and O–H groups in total. The molecule has 0 bridgehead atoms. The van der Waals surface area contributed by atoms with Crippen LogP contribution in [0.5, 0.6) is 5.75 Å². The minimum Gasteiger partial charge on any atom is -0.496 e. The zero-order chi connectivity index (χ0) is 13.0. The molecule has 5 heteroatoms. The normalized spacial score (nSPS) is 10.2. The number of benzene rings is 1. The molecule has 1 aromatic heterocycles. The number of hydrogen-bond donors (Lipinski definition) is 1. The Balaban J connectivity index is 2.28. The zero-order valence-corrected chi connectivity index (χ0v) is 11.9. The van der Waals surface area contributed by atoms with Gasteiger partial charge in [0.25, 0.3) is 0 Å². The number of methoxy groups -OCH3 is 1. The molecule has 2 aromatic rings. The second-order valence-corrected chi connectivity index (χ2v) is 4.58. The monoisotopic (exact) mass is 307 g/mol. The van der Waals surface area contributed by atoms with Crippen LogP contribution < -0.4 is 10.1 Å². The Kier molecular flexibility index (Phi) is 4.15. The molecule has 1 heterocycles. The summed E-state index contributed by atoms with van der Waals surface area (Å²) in [6.45, 7) is 0. The van der Waals surface area contributed by atoms with Crippen molar-refractivity contribution in [3.05, 3.63) is 46.3 Å². The van der Waals surface area contributed by atoms with Gasteiger partial charge in [0, 0.05) is 25.2 Å². The quantitative estimate of drug-likeness (QED) is 0.943. The molecule has 0 spiro atoms. The zero-order valence-electron chi connectivity index (χ0n) is 10.3. The van der Waals surface area contributed by atoms with Crippen LogP contribution in [0.1, 0.15) is 11.4 Å². The summed E-state index contributed by atoms with van der Waals surface area (Å²) in [5.41, 5.74) is 1.07. The SMILES string of the molecule is CNc1nc(Cc2ccccc2OC)ncc1Br. The van der Waals surface area contributed by atoms with Crippen LogP contribution in [0.4, 0.5) is 5.82 Å². The van der Waals surface area contributed by atoms with Gasteiger partial charge in [-0.3, -0.25) is 0 Å². The fourth-order valence-corrected chi connectivity index (χ4v) is 2.07. The number of halogens is 1. The van der Waals surface area contributed by atoms with E-state index in [9.17, 15) is 0 Å². The molecule has 1 aromatic carbocycles. The first-order valence-electron chi connectivity index (χ1n) is 5.55. The summed E-state index contributed by atoms with van der Waals surface area (Å²) in [5.74, 6) is 2.40. The highest BCUT2D eigenvalue weighted by molar-refractivity contribution is 9.10. The second-order valence-electron chi connectivity index (χ2n) is 3.72. The van der Waals surface area contributed by atoms with Crippen molar-refractivity contribution < 1.29 is 4.74 Å². The number of aromatic nitrogens is 2. The Morgan fingerprint density at radius 1 is 1.33 bits per heavy atom. The molecule has 0 unspecified atom stereocenters. The van der Waals surface area contributed by atoms with E-state index in [2.05, 4.69) is 31.2 Å². The lowest BCUT2D eigenvalue weighted by Gasteiger charge is -2.08. The van der Waals surface area contributed by atoms with Crippen LogP contribution in [0.15, 0.2) is 34.9 Å². The van der Waals surface area contributed by atoms with Crippen molar-refractivity contribution in [3.63, 3.8) is 0 Å². The maximum atomic E-state index is 5.32. The van der Waals surface area contributed by atoms with Gasteiger partial charge in [-0.25, -0.2) is 9.97 Å². The lowest BCUT2D eigenvalue weighted by molar-refractivity contribution is 0.410. The topological polar surface area (TPSA) is 47.0 Å². The van der Waals surface area contributed by atoms with Crippen LogP contribution in [0.25, 0.3) is 0 Å². The smallest absolute Gasteiger partial charge is 0.143 e. The van der Waals surface area contributed by atoms with Gasteiger partial charge in [0.05, 0.1) is 11.6 Å². The molecule has 0 amide bonds. The third-order valence-electron chi connectivity index (χ3n) is 2.57. The van der Waals surface area contributed by atoms with Crippen LogP contribution >= 0.6 is 15.9 Å². The van der Waals surface area contributed by atoms with E-state index >= 15 is 0 Å². The summed E-state index contributed by atoms with van der Waals surface area (Å²) in [5, 5.41) is 3.02. The molecule has 0 aliphatic rings. The molecule has 2 rings (SSSR count). The van der Waals surface area contributed by atoms with Crippen molar-refractivity contribution in [3.8, 4) is 5.75 Å². The fourth-order valence-electron chi connectivity index (χ4n) is 1.68. The number of nitrogens with zero attached hydrogens (tertiary/aromatic N) is 2. The first kappa shape index (κ1) is 12.8. The van der Waals surface area contributed by atoms with E-state index < -0.39 is 0 Å². The lowest BCUT2D eigenvalue weighted by atomic mass is 10.1. The highest BCUT2D eigenvalue weighted by atomic mass is 79.9. The van der Waals surface area contributed by atoms with E-state index in [1.807, 2.05) is 31.3 Å². The first-order chi connectivity index (χ1) is 8.74. The Morgan fingerprint density at radius 2 is 2.11 bits per heavy atom. The van der Waals surface area contributed by atoms with Gasteiger partial charge >= 0.3 is 0 Å². The van der Waals surface area contributed by atoms with E-state index in [0.29, 0.717) is 6.42 Å². The number of nitrogens with one attached hydrogen (secondary N) is 1. The Labute approximate surface area is 115 Å². The molecule has 0 fully saturated rings. The fraction of sp³-hybridized carbons (Fsp3) is 0.231. The standard InChI is InChI=1S/C13H14BrN3O/c1-15-13-10(14)8-16-12(17-13)7-9-5-3-4-6-11(9)18-2/h3-6,8H,7H2,1-2H3,(H,15,16,17). The van der Waals surface area contributed by atoms with E-state index in [4.69, 9.17) is 4.74 Å². The minimum atomic E-state index is 0.645. The first-order valence-corrected chi connectivity index (χ1v) is 6.35. The molecule has 0 saturated carbocycles. The Hall–Kier alpha value is -1.62. The second kappa shape index (κ2) is 5.82. The lowest BCUT2D eigenvalue weighted by Crippen LogP contribution is -2.02. The predicted octanol–water partition coefficient (Wildman–Crippen LogP) is 2.88. The molecule has 18 heavy (non-hydrogen) atoms. The maximum absolute atomic E-state index is 5.32. The van der Waals surface area contributed by atoms with E-state index in [1.165, 1.54) is 0 Å². The predicted molar refractivity (Wildman–Crippen MR) is 75.1 cm³/mol. The van der Waals surface area contributed by atoms with E-state index in [0.717, 1.165) is 27.4 Å². The van der Waals surface area contributed by atoms with Gasteiger partial charge in [-0.15, -0.1) is 0 Å². The van der Waals surface area contributed by atoms with Crippen molar-refractivity contribution in [1.29, 1.82) is 0 Å². The van der Waals surface area contributed by atoms with Crippen LogP contribution in [-0.4, -0.2) is 24.1 Å². The number of anilines is 1. The summed E-state index contributed by atoms with van der Waals surface area (Å²) in [7, 11) is 3.50.